The van der Waals surface area contributed by atoms with Gasteiger partial charge in [-0.15, -0.1) is 10.2 Å². The number of pyridine rings is 1. The van der Waals surface area contributed by atoms with E-state index in [2.05, 4.69) is 51.6 Å². The Labute approximate surface area is 208 Å². The van der Waals surface area contributed by atoms with Crippen molar-refractivity contribution in [1.29, 1.82) is 0 Å². The summed E-state index contributed by atoms with van der Waals surface area (Å²) in [7, 11) is 0. The van der Waals surface area contributed by atoms with E-state index in [1.54, 1.807) is 6.20 Å². The summed E-state index contributed by atoms with van der Waals surface area (Å²) in [6.07, 6.45) is 1.80. The van der Waals surface area contributed by atoms with Gasteiger partial charge in [-0.2, -0.15) is 5.10 Å². The average molecular weight is 467 g/mol. The lowest BCUT2D eigenvalue weighted by atomic mass is 10.0. The molecule has 6 aromatic rings. The van der Waals surface area contributed by atoms with Gasteiger partial charge in [-0.05, 0) is 19.1 Å². The molecule has 0 amide bonds. The molecule has 0 atom stereocenters. The molecular formula is C30H22N6. The van der Waals surface area contributed by atoms with Crippen molar-refractivity contribution in [2.45, 2.75) is 6.92 Å². The first kappa shape index (κ1) is 21.6. The maximum atomic E-state index is 4.94. The second-order valence-corrected chi connectivity index (χ2v) is 8.50. The highest BCUT2D eigenvalue weighted by Crippen LogP contribution is 2.32. The average Bonchev–Trinajstić information content (AvgIpc) is 3.44. The van der Waals surface area contributed by atoms with Gasteiger partial charge in [0.15, 0.2) is 0 Å². The minimum Gasteiger partial charge on any atom is -0.277 e. The van der Waals surface area contributed by atoms with Gasteiger partial charge in [-0.3, -0.25) is 5.10 Å². The minimum atomic E-state index is 0.468. The van der Waals surface area contributed by atoms with Crippen LogP contribution >= 0.6 is 0 Å². The van der Waals surface area contributed by atoms with Crippen molar-refractivity contribution < 1.29 is 0 Å². The summed E-state index contributed by atoms with van der Waals surface area (Å²) in [6.45, 7) is 2.07. The van der Waals surface area contributed by atoms with Gasteiger partial charge in [-0.1, -0.05) is 96.6 Å². The smallest absolute Gasteiger partial charge is 0.201 e. The molecule has 0 fully saturated rings. The first-order chi connectivity index (χ1) is 17.8. The number of benzene rings is 3. The van der Waals surface area contributed by atoms with E-state index in [9.17, 15) is 0 Å². The van der Waals surface area contributed by atoms with Gasteiger partial charge in [0.05, 0.1) is 17.6 Å². The van der Waals surface area contributed by atoms with Crippen LogP contribution in [0.5, 0.6) is 0 Å². The fraction of sp³-hybridized carbons (Fsp3) is 0.0333. The summed E-state index contributed by atoms with van der Waals surface area (Å²) >= 11 is 0. The maximum Gasteiger partial charge on any atom is 0.201 e. The van der Waals surface area contributed by atoms with Crippen molar-refractivity contribution in [1.82, 2.24) is 30.4 Å². The third kappa shape index (κ3) is 4.16. The standard InChI is InChI=1S/C30H22N6/c1-20-15-17-23(18-16-20)27-24(19-31-34-27)25-13-8-14-26(32-25)30-33-28(21-9-4-2-5-10-21)29(35-36-30)22-11-6-3-7-12-22/h2-19H,1H3,(H,31,34). The molecule has 0 saturated heterocycles. The van der Waals surface area contributed by atoms with Crippen LogP contribution in [0.1, 0.15) is 5.56 Å². The molecule has 0 radical (unpaired) electrons. The van der Waals surface area contributed by atoms with Crippen molar-refractivity contribution in [3.63, 3.8) is 0 Å². The van der Waals surface area contributed by atoms with Crippen molar-refractivity contribution >= 4 is 0 Å². The summed E-state index contributed by atoms with van der Waals surface area (Å²) < 4.78 is 0. The highest BCUT2D eigenvalue weighted by Gasteiger charge is 2.17. The van der Waals surface area contributed by atoms with Crippen LogP contribution in [0.3, 0.4) is 0 Å². The van der Waals surface area contributed by atoms with E-state index in [4.69, 9.17) is 9.97 Å². The molecule has 0 spiro atoms. The van der Waals surface area contributed by atoms with Crippen LogP contribution in [0.4, 0.5) is 0 Å². The molecule has 6 rings (SSSR count). The van der Waals surface area contributed by atoms with Crippen LogP contribution in [-0.2, 0) is 0 Å². The molecule has 0 aliphatic rings. The Morgan fingerprint density at radius 2 is 1.22 bits per heavy atom. The third-order valence-electron chi connectivity index (χ3n) is 6.01. The molecule has 0 unspecified atom stereocenters. The molecule has 0 saturated carbocycles. The third-order valence-corrected chi connectivity index (χ3v) is 6.01. The highest BCUT2D eigenvalue weighted by molar-refractivity contribution is 5.80. The number of hydrogen-bond donors (Lipinski definition) is 1. The minimum absolute atomic E-state index is 0.468. The van der Waals surface area contributed by atoms with Gasteiger partial charge in [0, 0.05) is 22.3 Å². The van der Waals surface area contributed by atoms with Gasteiger partial charge in [0.1, 0.15) is 17.1 Å². The number of nitrogens with zero attached hydrogens (tertiary/aromatic N) is 5. The van der Waals surface area contributed by atoms with Crippen LogP contribution in [-0.4, -0.2) is 30.4 Å². The van der Waals surface area contributed by atoms with E-state index >= 15 is 0 Å². The Kier molecular flexibility index (Phi) is 5.60. The molecular weight excluding hydrogens is 444 g/mol. The zero-order valence-corrected chi connectivity index (χ0v) is 19.6. The molecule has 3 aromatic carbocycles. The van der Waals surface area contributed by atoms with Gasteiger partial charge < -0.3 is 0 Å². The normalized spacial score (nSPS) is 10.9. The van der Waals surface area contributed by atoms with E-state index in [0.29, 0.717) is 11.5 Å². The van der Waals surface area contributed by atoms with E-state index in [0.717, 1.165) is 45.0 Å². The zero-order valence-electron chi connectivity index (χ0n) is 19.6. The SMILES string of the molecule is Cc1ccc(-c2[nH]ncc2-c2cccc(-c3nnc(-c4ccccc4)c(-c4ccccc4)n3)n2)cc1. The molecule has 3 heterocycles. The summed E-state index contributed by atoms with van der Waals surface area (Å²) in [6, 6.07) is 34.2. The number of aromatic nitrogens is 6. The van der Waals surface area contributed by atoms with Gasteiger partial charge >= 0.3 is 0 Å². The van der Waals surface area contributed by atoms with Crippen LogP contribution in [0.25, 0.3) is 56.5 Å². The lowest BCUT2D eigenvalue weighted by molar-refractivity contribution is 0.982. The molecule has 36 heavy (non-hydrogen) atoms. The maximum absolute atomic E-state index is 4.94. The number of rotatable bonds is 5. The second kappa shape index (κ2) is 9.35. The molecule has 0 aliphatic carbocycles. The summed E-state index contributed by atoms with van der Waals surface area (Å²) in [5, 5.41) is 16.5. The van der Waals surface area contributed by atoms with Crippen molar-refractivity contribution in [3.05, 3.63) is 115 Å². The van der Waals surface area contributed by atoms with Gasteiger partial charge in [0.2, 0.25) is 5.82 Å². The van der Waals surface area contributed by atoms with Crippen LogP contribution in [0.15, 0.2) is 109 Å². The monoisotopic (exact) mass is 466 g/mol. The predicted octanol–water partition coefficient (Wildman–Crippen LogP) is 6.63. The Morgan fingerprint density at radius 3 is 1.94 bits per heavy atom. The lowest BCUT2D eigenvalue weighted by Crippen LogP contribution is -2.01. The van der Waals surface area contributed by atoms with E-state index in [-0.39, 0.29) is 0 Å². The van der Waals surface area contributed by atoms with Crippen molar-refractivity contribution in [2.75, 3.05) is 0 Å². The van der Waals surface area contributed by atoms with Crippen LogP contribution in [0.2, 0.25) is 0 Å². The van der Waals surface area contributed by atoms with E-state index in [1.807, 2.05) is 78.9 Å². The molecule has 172 valence electrons. The topological polar surface area (TPSA) is 80.2 Å². The summed E-state index contributed by atoms with van der Waals surface area (Å²) in [4.78, 5) is 9.84. The quantitative estimate of drug-likeness (QED) is 0.308. The number of aromatic amines is 1. The molecule has 0 bridgehead atoms. The van der Waals surface area contributed by atoms with Crippen LogP contribution < -0.4 is 0 Å². The Balaban J connectivity index is 1.44. The number of nitrogens with one attached hydrogen (secondary N) is 1. The summed E-state index contributed by atoms with van der Waals surface area (Å²) in [5.74, 6) is 0.468. The molecule has 6 heteroatoms. The predicted molar refractivity (Wildman–Crippen MR) is 142 cm³/mol. The first-order valence-corrected chi connectivity index (χ1v) is 11.7. The Morgan fingerprint density at radius 1 is 0.556 bits per heavy atom. The van der Waals surface area contributed by atoms with Crippen LogP contribution in [0, 0.1) is 6.92 Å². The number of aryl methyl sites for hydroxylation is 1. The number of H-pyrrole nitrogens is 1. The zero-order chi connectivity index (χ0) is 24.3. The molecule has 1 N–H and O–H groups in total. The van der Waals surface area contributed by atoms with Crippen molar-refractivity contribution in [2.24, 2.45) is 0 Å². The van der Waals surface area contributed by atoms with E-state index in [1.165, 1.54) is 5.56 Å². The second-order valence-electron chi connectivity index (χ2n) is 8.50. The van der Waals surface area contributed by atoms with Gasteiger partial charge in [-0.25, -0.2) is 9.97 Å². The van der Waals surface area contributed by atoms with Gasteiger partial charge in [0.25, 0.3) is 0 Å². The van der Waals surface area contributed by atoms with Crippen molar-refractivity contribution in [3.8, 4) is 56.5 Å². The number of hydrogen-bond acceptors (Lipinski definition) is 5. The Bertz CT molecular complexity index is 1620. The largest absolute Gasteiger partial charge is 0.277 e. The fourth-order valence-electron chi connectivity index (χ4n) is 4.15. The van der Waals surface area contributed by atoms with E-state index < -0.39 is 0 Å². The molecule has 6 nitrogen and oxygen atoms in total. The lowest BCUT2D eigenvalue weighted by Gasteiger charge is -2.10. The highest BCUT2D eigenvalue weighted by atomic mass is 15.2. The summed E-state index contributed by atoms with van der Waals surface area (Å²) in [5.41, 5.74) is 8.96. The Hall–Kier alpha value is -4.97. The first-order valence-electron chi connectivity index (χ1n) is 11.7. The fourth-order valence-corrected chi connectivity index (χ4v) is 4.15. The molecule has 3 aromatic heterocycles. The molecule has 0 aliphatic heterocycles.